The molecule has 0 bridgehead atoms. The Hall–Kier alpha value is -13.5. The minimum atomic E-state index is -0.738. The molecule has 10 amide bonds. The molecular weight excluding hydrogens is 1780 g/mol. The fraction of sp³-hybridized carbons (Fsp3) is 0.364. The number of carbonyl (C=O) groups excluding carboxylic acids is 10. The molecule has 0 unspecified atom stereocenters. The van der Waals surface area contributed by atoms with Gasteiger partial charge in [-0.05, 0) is 55.6 Å². The first-order valence-corrected chi connectivity index (χ1v) is 47.6. The number of rotatable bonds is 50. The van der Waals surface area contributed by atoms with E-state index < -0.39 is 125 Å². The van der Waals surface area contributed by atoms with Crippen LogP contribution in [0.25, 0.3) is 0 Å². The van der Waals surface area contributed by atoms with Crippen LogP contribution in [0.5, 0.6) is 0 Å². The molecule has 11 rings (SSSR count). The summed E-state index contributed by atoms with van der Waals surface area (Å²) in [5.74, 6) is -7.38. The van der Waals surface area contributed by atoms with E-state index in [1.165, 1.54) is 49.0 Å². The summed E-state index contributed by atoms with van der Waals surface area (Å²) in [4.78, 5) is 171. The van der Waals surface area contributed by atoms with E-state index in [9.17, 15) is 0 Å². The molecule has 740 valence electrons. The lowest BCUT2D eigenvalue weighted by molar-refractivity contribution is -0.151. The van der Waals surface area contributed by atoms with Crippen LogP contribution in [0.15, 0.2) is 303 Å². The van der Waals surface area contributed by atoms with Gasteiger partial charge in [0.15, 0.2) is 0 Å². The van der Waals surface area contributed by atoms with Crippen molar-refractivity contribution in [2.45, 2.75) is 66.1 Å². The van der Waals surface area contributed by atoms with Gasteiger partial charge < -0.3 is 96.4 Å². The third kappa shape index (κ3) is 40.5. The second-order valence-electron chi connectivity index (χ2n) is 33.5. The molecule has 1 saturated heterocycles. The zero-order chi connectivity index (χ0) is 98.0. The summed E-state index contributed by atoms with van der Waals surface area (Å²) in [7, 11) is 0. The molecule has 10 aromatic rings. The Balaban J connectivity index is 1.01. The number of nitrogens with zero attached hydrogens (tertiary/aromatic N) is 10. The second-order valence-corrected chi connectivity index (χ2v) is 33.5. The number of carbonyl (C=O) groups is 10. The molecule has 1 aliphatic heterocycles. The van der Waals surface area contributed by atoms with E-state index in [1.807, 2.05) is 303 Å². The van der Waals surface area contributed by atoms with Crippen molar-refractivity contribution in [3.8, 4) is 0 Å². The average molecular weight is 1910 g/mol. The summed E-state index contributed by atoms with van der Waals surface area (Å²) < 4.78 is 62.4. The Kier molecular flexibility index (Phi) is 47.7. The Labute approximate surface area is 821 Å². The normalized spacial score (nSPS) is 14.6. The van der Waals surface area contributed by atoms with Gasteiger partial charge in [0.05, 0.1) is 198 Å². The standard InChI is InChI=1S/C110H130N10O20/c121-101-72-112(52-62-132-82-92-33-13-2-14-34-92)103(123)74-114(54-64-134-84-94-37-17-4-18-38-94)105(125)76-116(56-66-136-86-96-41-21-6-22-42-96)107(127)78-118(58-68-138-88-98-45-25-8-26-46-98)109(129)80-120(60-70-140-90-100-49-29-10-30-50-100)110(130)79-119(59-69-139-89-99-47-27-9-28-48-99)108(128)77-117(57-67-137-87-97-43-23-7-24-44-97)106(126)75-115(55-65-135-85-95-39-19-5-20-40-95)104(124)73-113(53-63-133-83-93-35-15-3-16-36-93)102(122)71-111(101)51-61-131-81-91-31-11-1-12-32-91/h1-50H,51-90H2. The molecule has 0 spiro atoms. The lowest BCUT2D eigenvalue weighted by Crippen LogP contribution is -2.55. The number of hydrogen-bond acceptors (Lipinski definition) is 20. The second kappa shape index (κ2) is 62.4. The number of amides is 10. The summed E-state index contributed by atoms with van der Waals surface area (Å²) in [6.07, 6.45) is 0. The molecule has 0 aromatic heterocycles. The maximum Gasteiger partial charge on any atom is 0.242 e. The van der Waals surface area contributed by atoms with Gasteiger partial charge in [-0.3, -0.25) is 47.9 Å². The third-order valence-corrected chi connectivity index (χ3v) is 23.0. The van der Waals surface area contributed by atoms with Crippen molar-refractivity contribution in [1.82, 2.24) is 49.0 Å². The fourth-order valence-electron chi connectivity index (χ4n) is 14.9. The molecule has 140 heavy (non-hydrogen) atoms. The molecule has 0 N–H and O–H groups in total. The van der Waals surface area contributed by atoms with Gasteiger partial charge in [0.1, 0.15) is 0 Å². The molecule has 0 aliphatic carbocycles. The predicted octanol–water partition coefficient (Wildman–Crippen LogP) is 10.5. The number of benzene rings is 10. The van der Waals surface area contributed by atoms with E-state index in [4.69, 9.17) is 47.4 Å². The van der Waals surface area contributed by atoms with E-state index in [-0.39, 0.29) is 198 Å². The zero-order valence-corrected chi connectivity index (χ0v) is 79.8. The van der Waals surface area contributed by atoms with Gasteiger partial charge in [0, 0.05) is 65.4 Å². The Morgan fingerprint density at radius 2 is 0.207 bits per heavy atom. The molecule has 0 atom stereocenters. The van der Waals surface area contributed by atoms with Crippen molar-refractivity contribution >= 4 is 59.1 Å². The monoisotopic (exact) mass is 1910 g/mol. The van der Waals surface area contributed by atoms with Crippen LogP contribution in [-0.2, 0) is 161 Å². The summed E-state index contributed by atoms with van der Waals surface area (Å²) in [5, 5.41) is 0. The van der Waals surface area contributed by atoms with Gasteiger partial charge in [0.25, 0.3) is 0 Å². The molecule has 1 heterocycles. The first-order chi connectivity index (χ1) is 68.6. The molecule has 0 saturated carbocycles. The highest BCUT2D eigenvalue weighted by atomic mass is 16.5. The van der Waals surface area contributed by atoms with Crippen LogP contribution < -0.4 is 0 Å². The van der Waals surface area contributed by atoms with Crippen molar-refractivity contribution in [3.63, 3.8) is 0 Å². The van der Waals surface area contributed by atoms with Crippen molar-refractivity contribution in [2.75, 3.05) is 197 Å². The van der Waals surface area contributed by atoms with Gasteiger partial charge >= 0.3 is 0 Å². The van der Waals surface area contributed by atoms with Crippen molar-refractivity contribution in [1.29, 1.82) is 0 Å². The van der Waals surface area contributed by atoms with Gasteiger partial charge in [-0.25, -0.2) is 0 Å². The van der Waals surface area contributed by atoms with Crippen LogP contribution in [0.2, 0.25) is 0 Å². The first-order valence-electron chi connectivity index (χ1n) is 47.6. The quantitative estimate of drug-likeness (QED) is 0.0320. The van der Waals surface area contributed by atoms with Crippen LogP contribution >= 0.6 is 0 Å². The fourth-order valence-corrected chi connectivity index (χ4v) is 14.9. The van der Waals surface area contributed by atoms with Crippen LogP contribution in [0.1, 0.15) is 55.6 Å². The van der Waals surface area contributed by atoms with Crippen molar-refractivity contribution in [3.05, 3.63) is 359 Å². The molecule has 0 radical (unpaired) electrons. The predicted molar refractivity (Wildman–Crippen MR) is 527 cm³/mol. The van der Waals surface area contributed by atoms with Crippen LogP contribution in [0, 0.1) is 0 Å². The SMILES string of the molecule is O=C1CN(CCOCc2ccccc2)C(=O)CN(CCOCc2ccccc2)C(=O)CN(CCOCc2ccccc2)C(=O)CN(CCOCc2ccccc2)C(=O)CN(CCOCc2ccccc2)C(=O)CN(CCOCc2ccccc2)C(=O)CN(CCOCc2ccccc2)C(=O)CN(CCOCc2ccccc2)C(=O)CN(CCOCc2ccccc2)C(=O)CN1CCOCc1ccccc1. The Morgan fingerprint density at radius 3 is 0.286 bits per heavy atom. The van der Waals surface area contributed by atoms with Crippen molar-refractivity contribution in [2.24, 2.45) is 0 Å². The lowest BCUT2D eigenvalue weighted by Gasteiger charge is -2.33. The first kappa shape index (κ1) is 107. The van der Waals surface area contributed by atoms with Gasteiger partial charge in [-0.2, -0.15) is 0 Å². The summed E-state index contributed by atoms with van der Waals surface area (Å²) >= 11 is 0. The van der Waals surface area contributed by atoms with Crippen molar-refractivity contribution < 1.29 is 95.3 Å². The zero-order valence-electron chi connectivity index (χ0n) is 79.8. The molecule has 30 nitrogen and oxygen atoms in total. The molecule has 10 aromatic carbocycles. The summed E-state index contributed by atoms with van der Waals surface area (Å²) in [5.41, 5.74) is 8.21. The van der Waals surface area contributed by atoms with Gasteiger partial charge in [-0.1, -0.05) is 303 Å². The van der Waals surface area contributed by atoms with E-state index in [0.29, 0.717) is 0 Å². The molecule has 1 aliphatic rings. The maximum absolute atomic E-state index is 15.8. The van der Waals surface area contributed by atoms with Gasteiger partial charge in [-0.15, -0.1) is 0 Å². The highest BCUT2D eigenvalue weighted by Gasteiger charge is 2.34. The molecule has 1 fully saturated rings. The highest BCUT2D eigenvalue weighted by molar-refractivity contribution is 5.95. The average Bonchev–Trinajstić information content (AvgIpc) is 0.851. The van der Waals surface area contributed by atoms with E-state index in [1.54, 1.807) is 0 Å². The summed E-state index contributed by atoms with van der Waals surface area (Å²) in [6.45, 7) is -9.17. The largest absolute Gasteiger partial charge is 0.375 e. The summed E-state index contributed by atoms with van der Waals surface area (Å²) in [6, 6.07) is 93.4. The minimum absolute atomic E-state index is 0.117. The van der Waals surface area contributed by atoms with Crippen LogP contribution in [0.4, 0.5) is 0 Å². The third-order valence-electron chi connectivity index (χ3n) is 23.0. The number of hydrogen-bond donors (Lipinski definition) is 0. The lowest BCUT2D eigenvalue weighted by atomic mass is 10.2. The molecular formula is C110H130N10O20. The van der Waals surface area contributed by atoms with Crippen LogP contribution in [-0.4, -0.2) is 305 Å². The van der Waals surface area contributed by atoms with E-state index in [0.717, 1.165) is 55.6 Å². The Morgan fingerprint density at radius 1 is 0.129 bits per heavy atom. The highest BCUT2D eigenvalue weighted by Crippen LogP contribution is 2.17. The minimum Gasteiger partial charge on any atom is -0.375 e. The number of ether oxygens (including phenoxy) is 10. The van der Waals surface area contributed by atoms with E-state index >= 15 is 47.9 Å². The smallest absolute Gasteiger partial charge is 0.242 e. The van der Waals surface area contributed by atoms with Gasteiger partial charge in [0.2, 0.25) is 59.1 Å². The molecule has 30 heteroatoms. The van der Waals surface area contributed by atoms with Crippen LogP contribution in [0.3, 0.4) is 0 Å². The Bertz CT molecular complexity index is 4190. The maximum atomic E-state index is 15.8. The van der Waals surface area contributed by atoms with E-state index in [2.05, 4.69) is 0 Å². The topological polar surface area (TPSA) is 295 Å².